The van der Waals surface area contributed by atoms with Crippen molar-refractivity contribution in [2.24, 2.45) is 10.9 Å². The molecule has 8 nitrogen and oxygen atoms in total. The van der Waals surface area contributed by atoms with E-state index in [9.17, 15) is 0 Å². The summed E-state index contributed by atoms with van der Waals surface area (Å²) < 4.78 is 7.14. The number of ether oxygens (including phenoxy) is 1. The van der Waals surface area contributed by atoms with Crippen LogP contribution in [0.3, 0.4) is 0 Å². The van der Waals surface area contributed by atoms with Gasteiger partial charge in [-0.25, -0.2) is 9.67 Å². The van der Waals surface area contributed by atoms with Gasteiger partial charge in [0.1, 0.15) is 12.4 Å². The molecule has 2 aromatic rings. The third-order valence-corrected chi connectivity index (χ3v) is 6.28. The third-order valence-electron chi connectivity index (χ3n) is 6.28. The normalized spacial score (nSPS) is 19.9. The van der Waals surface area contributed by atoms with Gasteiger partial charge in [0, 0.05) is 51.9 Å². The minimum Gasteiger partial charge on any atom is -0.377 e. The lowest BCUT2D eigenvalue weighted by molar-refractivity contribution is 0.177. The van der Waals surface area contributed by atoms with Crippen molar-refractivity contribution in [3.63, 3.8) is 0 Å². The molecule has 0 spiro atoms. The molecule has 168 valence electrons. The van der Waals surface area contributed by atoms with Crippen LogP contribution in [-0.2, 0) is 30.9 Å². The van der Waals surface area contributed by atoms with Crippen LogP contribution in [0.2, 0.25) is 0 Å². The predicted octanol–water partition coefficient (Wildman–Crippen LogP) is 2.34. The van der Waals surface area contributed by atoms with Gasteiger partial charge in [-0.15, -0.1) is 0 Å². The van der Waals surface area contributed by atoms with Crippen molar-refractivity contribution in [1.29, 1.82) is 0 Å². The molecule has 1 aromatic carbocycles. The molecular formula is C23H35N7O. The number of aryl methyl sites for hydroxylation is 1. The molecule has 1 fully saturated rings. The van der Waals surface area contributed by atoms with Gasteiger partial charge in [0.25, 0.3) is 0 Å². The van der Waals surface area contributed by atoms with E-state index in [0.717, 1.165) is 62.5 Å². The van der Waals surface area contributed by atoms with E-state index in [1.807, 2.05) is 11.7 Å². The molecule has 4 rings (SSSR count). The van der Waals surface area contributed by atoms with E-state index in [1.165, 1.54) is 24.1 Å². The number of anilines is 1. The van der Waals surface area contributed by atoms with Gasteiger partial charge in [-0.2, -0.15) is 5.10 Å². The molecule has 1 atom stereocenters. The lowest BCUT2D eigenvalue weighted by Crippen LogP contribution is -2.46. The Kier molecular flexibility index (Phi) is 7.06. The molecule has 0 radical (unpaired) electrons. The number of fused-ring (bicyclic) bond motifs is 1. The summed E-state index contributed by atoms with van der Waals surface area (Å²) in [7, 11) is 3.48. The average Bonchev–Trinajstić information content (AvgIpc) is 3.19. The zero-order chi connectivity index (χ0) is 21.6. The number of hydrogen-bond donors (Lipinski definition) is 2. The Bertz CT molecular complexity index is 869. The Morgan fingerprint density at radius 2 is 1.97 bits per heavy atom. The molecule has 1 aromatic heterocycles. The fourth-order valence-electron chi connectivity index (χ4n) is 4.33. The molecule has 3 heterocycles. The quantitative estimate of drug-likeness (QED) is 0.546. The molecular weight excluding hydrogens is 390 g/mol. The lowest BCUT2D eigenvalue weighted by atomic mass is 9.99. The Labute approximate surface area is 185 Å². The van der Waals surface area contributed by atoms with Crippen molar-refractivity contribution >= 4 is 11.6 Å². The summed E-state index contributed by atoms with van der Waals surface area (Å²) in [5, 5.41) is 11.5. The highest BCUT2D eigenvalue weighted by Crippen LogP contribution is 2.23. The Morgan fingerprint density at radius 1 is 1.19 bits per heavy atom. The van der Waals surface area contributed by atoms with Gasteiger partial charge >= 0.3 is 0 Å². The van der Waals surface area contributed by atoms with Crippen LogP contribution in [0.4, 0.5) is 5.69 Å². The molecule has 31 heavy (non-hydrogen) atoms. The highest BCUT2D eigenvalue weighted by atomic mass is 16.5. The zero-order valence-corrected chi connectivity index (χ0v) is 19.0. The van der Waals surface area contributed by atoms with Crippen LogP contribution in [0.5, 0.6) is 0 Å². The van der Waals surface area contributed by atoms with Gasteiger partial charge in [0.15, 0.2) is 11.8 Å². The Hall–Kier alpha value is -2.61. The second kappa shape index (κ2) is 10.1. The summed E-state index contributed by atoms with van der Waals surface area (Å²) in [6.07, 6.45) is 4.49. The first-order chi connectivity index (χ1) is 15.1. The summed E-state index contributed by atoms with van der Waals surface area (Å²) in [4.78, 5) is 11.4. The van der Waals surface area contributed by atoms with E-state index in [4.69, 9.17) is 4.74 Å². The molecule has 2 aliphatic heterocycles. The number of methoxy groups -OCH3 is 1. The maximum absolute atomic E-state index is 5.15. The maximum atomic E-state index is 5.15. The van der Waals surface area contributed by atoms with Crippen molar-refractivity contribution in [3.8, 4) is 0 Å². The third kappa shape index (κ3) is 5.55. The van der Waals surface area contributed by atoms with Crippen molar-refractivity contribution in [3.05, 3.63) is 41.5 Å². The number of guanidine groups is 1. The van der Waals surface area contributed by atoms with Crippen molar-refractivity contribution in [2.45, 2.75) is 58.3 Å². The van der Waals surface area contributed by atoms with Crippen LogP contribution >= 0.6 is 0 Å². The van der Waals surface area contributed by atoms with Crippen LogP contribution in [0.15, 0.2) is 29.3 Å². The standard InChI is InChI=1S/C23H35N7O/c1-17-10-12-29(13-11-17)20-7-4-18(5-8-20)14-25-23(24-2)26-19-6-9-22-27-21(16-31-3)28-30(22)15-19/h4-5,7-8,17,19H,6,9-16H2,1-3H3,(H2,24,25,26). The van der Waals surface area contributed by atoms with Crippen molar-refractivity contribution in [2.75, 3.05) is 32.1 Å². The summed E-state index contributed by atoms with van der Waals surface area (Å²) in [6, 6.07) is 9.20. The van der Waals surface area contributed by atoms with Crippen LogP contribution in [-0.4, -0.2) is 54.0 Å². The molecule has 0 aliphatic carbocycles. The second-order valence-electron chi connectivity index (χ2n) is 8.70. The topological polar surface area (TPSA) is 79.6 Å². The molecule has 0 amide bonds. The summed E-state index contributed by atoms with van der Waals surface area (Å²) in [6.45, 7) is 6.67. The number of aromatic nitrogens is 3. The Morgan fingerprint density at radius 3 is 2.68 bits per heavy atom. The van der Waals surface area contributed by atoms with E-state index in [-0.39, 0.29) is 6.04 Å². The molecule has 1 unspecified atom stereocenters. The lowest BCUT2D eigenvalue weighted by Gasteiger charge is -2.32. The van der Waals surface area contributed by atoms with E-state index in [1.54, 1.807) is 7.11 Å². The van der Waals surface area contributed by atoms with E-state index < -0.39 is 0 Å². The first-order valence-electron chi connectivity index (χ1n) is 11.4. The highest BCUT2D eigenvalue weighted by molar-refractivity contribution is 5.80. The van der Waals surface area contributed by atoms with E-state index in [0.29, 0.717) is 6.61 Å². The van der Waals surface area contributed by atoms with Gasteiger partial charge in [0.2, 0.25) is 0 Å². The summed E-state index contributed by atoms with van der Waals surface area (Å²) in [5.41, 5.74) is 2.58. The van der Waals surface area contributed by atoms with E-state index in [2.05, 4.69) is 61.8 Å². The first-order valence-corrected chi connectivity index (χ1v) is 11.4. The van der Waals surface area contributed by atoms with Crippen molar-refractivity contribution in [1.82, 2.24) is 25.4 Å². The minimum absolute atomic E-state index is 0.277. The Balaban J connectivity index is 1.27. The maximum Gasteiger partial charge on any atom is 0.191 e. The van der Waals surface area contributed by atoms with E-state index >= 15 is 0 Å². The largest absolute Gasteiger partial charge is 0.377 e. The average molecular weight is 426 g/mol. The van der Waals surface area contributed by atoms with Gasteiger partial charge in [-0.1, -0.05) is 19.1 Å². The van der Waals surface area contributed by atoms with Crippen LogP contribution in [0, 0.1) is 5.92 Å². The number of nitrogens with zero attached hydrogens (tertiary/aromatic N) is 5. The first kappa shape index (κ1) is 21.6. The van der Waals surface area contributed by atoms with Gasteiger partial charge in [-0.05, 0) is 42.9 Å². The zero-order valence-electron chi connectivity index (χ0n) is 19.0. The number of piperidine rings is 1. The molecule has 1 saturated heterocycles. The van der Waals surface area contributed by atoms with Crippen LogP contribution < -0.4 is 15.5 Å². The minimum atomic E-state index is 0.277. The molecule has 2 aliphatic rings. The fraction of sp³-hybridized carbons (Fsp3) is 0.609. The molecule has 0 bridgehead atoms. The van der Waals surface area contributed by atoms with Gasteiger partial charge in [-0.3, -0.25) is 4.99 Å². The molecule has 2 N–H and O–H groups in total. The number of aliphatic imine (C=N–C) groups is 1. The SMILES string of the molecule is CN=C(NCc1ccc(N2CCC(C)CC2)cc1)NC1CCc2nc(COC)nn2C1. The summed E-state index contributed by atoms with van der Waals surface area (Å²) in [5.74, 6) is 3.46. The monoisotopic (exact) mass is 425 g/mol. The predicted molar refractivity (Wildman–Crippen MR) is 123 cm³/mol. The highest BCUT2D eigenvalue weighted by Gasteiger charge is 2.22. The number of hydrogen-bond acceptors (Lipinski definition) is 5. The van der Waals surface area contributed by atoms with Gasteiger partial charge < -0.3 is 20.3 Å². The summed E-state index contributed by atoms with van der Waals surface area (Å²) >= 11 is 0. The molecule has 8 heteroatoms. The number of nitrogens with one attached hydrogen (secondary N) is 2. The fourth-order valence-corrected chi connectivity index (χ4v) is 4.33. The number of rotatable bonds is 6. The van der Waals surface area contributed by atoms with Crippen molar-refractivity contribution < 1.29 is 4.74 Å². The van der Waals surface area contributed by atoms with Gasteiger partial charge in [0.05, 0.1) is 6.54 Å². The smallest absolute Gasteiger partial charge is 0.191 e. The van der Waals surface area contributed by atoms with Crippen LogP contribution in [0.1, 0.15) is 43.4 Å². The molecule has 0 saturated carbocycles. The number of benzene rings is 1. The van der Waals surface area contributed by atoms with Crippen LogP contribution in [0.25, 0.3) is 0 Å². The second-order valence-corrected chi connectivity index (χ2v) is 8.70.